The lowest BCUT2D eigenvalue weighted by atomic mass is 10.0. The standard InChI is InChI=1S/C10H8F6O2/c1-18-8-5(4-17)2-6(9(11,12)13)3-7(8)10(14,15)16/h2-3,17H,4H2,1H3. The Labute approximate surface area is 97.8 Å². The maximum Gasteiger partial charge on any atom is 0.419 e. The summed E-state index contributed by atoms with van der Waals surface area (Å²) >= 11 is 0. The van der Waals surface area contributed by atoms with Gasteiger partial charge in [-0.25, -0.2) is 0 Å². The van der Waals surface area contributed by atoms with E-state index in [9.17, 15) is 26.3 Å². The minimum atomic E-state index is -5.00. The van der Waals surface area contributed by atoms with Crippen LogP contribution in [-0.4, -0.2) is 12.2 Å². The Morgan fingerprint density at radius 3 is 1.94 bits per heavy atom. The van der Waals surface area contributed by atoms with Crippen LogP contribution < -0.4 is 4.74 Å². The molecular formula is C10H8F6O2. The van der Waals surface area contributed by atoms with E-state index in [0.717, 1.165) is 7.11 Å². The maximum absolute atomic E-state index is 12.6. The molecule has 0 aliphatic heterocycles. The van der Waals surface area contributed by atoms with E-state index in [1.54, 1.807) is 0 Å². The van der Waals surface area contributed by atoms with E-state index >= 15 is 0 Å². The van der Waals surface area contributed by atoms with Gasteiger partial charge in [-0.3, -0.25) is 0 Å². The predicted molar refractivity (Wildman–Crippen MR) is 48.9 cm³/mol. The van der Waals surface area contributed by atoms with Crippen molar-refractivity contribution in [3.05, 3.63) is 28.8 Å². The van der Waals surface area contributed by atoms with Crippen molar-refractivity contribution in [2.24, 2.45) is 0 Å². The van der Waals surface area contributed by atoms with Crippen LogP contribution in [0.15, 0.2) is 12.1 Å². The molecule has 1 aromatic carbocycles. The molecule has 18 heavy (non-hydrogen) atoms. The molecule has 1 N–H and O–H groups in total. The molecule has 0 unspecified atom stereocenters. The molecule has 2 nitrogen and oxygen atoms in total. The number of halogens is 6. The van der Waals surface area contributed by atoms with Crippen LogP contribution in [-0.2, 0) is 19.0 Å². The van der Waals surface area contributed by atoms with Crippen molar-refractivity contribution < 1.29 is 36.2 Å². The lowest BCUT2D eigenvalue weighted by Crippen LogP contribution is -2.14. The zero-order valence-electron chi connectivity index (χ0n) is 8.99. The maximum atomic E-state index is 12.6. The van der Waals surface area contributed by atoms with Gasteiger partial charge in [0.15, 0.2) is 0 Å². The fourth-order valence-corrected chi connectivity index (χ4v) is 1.42. The first-order chi connectivity index (χ1) is 8.11. The molecule has 0 saturated carbocycles. The first-order valence-corrected chi connectivity index (χ1v) is 4.57. The monoisotopic (exact) mass is 274 g/mol. The van der Waals surface area contributed by atoms with Gasteiger partial charge >= 0.3 is 12.4 Å². The van der Waals surface area contributed by atoms with E-state index in [-0.39, 0.29) is 6.07 Å². The van der Waals surface area contributed by atoms with Crippen molar-refractivity contribution in [1.29, 1.82) is 0 Å². The molecule has 102 valence electrons. The second kappa shape index (κ2) is 4.68. The molecule has 0 heterocycles. The van der Waals surface area contributed by atoms with Crippen molar-refractivity contribution in [2.75, 3.05) is 7.11 Å². The topological polar surface area (TPSA) is 29.5 Å². The summed E-state index contributed by atoms with van der Waals surface area (Å²) in [6, 6.07) is 0.381. The Balaban J connectivity index is 3.57. The lowest BCUT2D eigenvalue weighted by Gasteiger charge is -2.17. The van der Waals surface area contributed by atoms with E-state index < -0.39 is 41.4 Å². The average Bonchev–Trinajstić information content (AvgIpc) is 2.24. The highest BCUT2D eigenvalue weighted by Gasteiger charge is 2.40. The molecule has 0 saturated heterocycles. The molecule has 0 aromatic heterocycles. The Kier molecular flexibility index (Phi) is 3.80. The fraction of sp³-hybridized carbons (Fsp3) is 0.400. The smallest absolute Gasteiger partial charge is 0.419 e. The average molecular weight is 274 g/mol. The van der Waals surface area contributed by atoms with Gasteiger partial charge in [0, 0.05) is 5.56 Å². The number of rotatable bonds is 2. The minimum absolute atomic E-state index is 0.0437. The van der Waals surface area contributed by atoms with Crippen LogP contribution >= 0.6 is 0 Å². The van der Waals surface area contributed by atoms with Gasteiger partial charge in [-0.1, -0.05) is 0 Å². The summed E-state index contributed by atoms with van der Waals surface area (Å²) in [4.78, 5) is 0. The molecule has 0 aliphatic rings. The van der Waals surface area contributed by atoms with Crippen LogP contribution in [0, 0.1) is 0 Å². The second-order valence-corrected chi connectivity index (χ2v) is 3.37. The Hall–Kier alpha value is -1.44. The Bertz CT molecular complexity index is 435. The SMILES string of the molecule is COc1c(CO)cc(C(F)(F)F)cc1C(F)(F)F. The highest BCUT2D eigenvalue weighted by atomic mass is 19.4. The van der Waals surface area contributed by atoms with Crippen molar-refractivity contribution in [3.8, 4) is 5.75 Å². The molecule has 0 spiro atoms. The summed E-state index contributed by atoms with van der Waals surface area (Å²) in [6.45, 7) is -0.990. The molecule has 0 fully saturated rings. The van der Waals surface area contributed by atoms with Crippen LogP contribution in [0.3, 0.4) is 0 Å². The number of hydrogen-bond acceptors (Lipinski definition) is 2. The molecule has 0 aliphatic carbocycles. The van der Waals surface area contributed by atoms with Crippen molar-refractivity contribution in [1.82, 2.24) is 0 Å². The van der Waals surface area contributed by atoms with E-state index in [1.165, 1.54) is 0 Å². The summed E-state index contributed by atoms with van der Waals surface area (Å²) in [5.41, 5.74) is -3.62. The molecule has 1 aromatic rings. The number of alkyl halides is 6. The molecular weight excluding hydrogens is 266 g/mol. The number of ether oxygens (including phenoxy) is 1. The Morgan fingerprint density at radius 2 is 1.61 bits per heavy atom. The van der Waals surface area contributed by atoms with Gasteiger partial charge in [0.1, 0.15) is 5.75 Å². The second-order valence-electron chi connectivity index (χ2n) is 3.37. The van der Waals surface area contributed by atoms with Crippen LogP contribution in [0.2, 0.25) is 0 Å². The van der Waals surface area contributed by atoms with E-state index in [1.807, 2.05) is 0 Å². The summed E-state index contributed by atoms with van der Waals surface area (Å²) < 4.78 is 79.4. The first kappa shape index (κ1) is 14.6. The van der Waals surface area contributed by atoms with Gasteiger partial charge in [-0.05, 0) is 12.1 Å². The number of aliphatic hydroxyl groups is 1. The summed E-state index contributed by atoms with van der Waals surface area (Å²) in [7, 11) is 0.886. The van der Waals surface area contributed by atoms with Gasteiger partial charge in [0.25, 0.3) is 0 Å². The molecule has 1 rings (SSSR count). The zero-order valence-corrected chi connectivity index (χ0v) is 8.99. The van der Waals surface area contributed by atoms with E-state index in [4.69, 9.17) is 5.11 Å². The van der Waals surface area contributed by atoms with Gasteiger partial charge in [-0.2, -0.15) is 26.3 Å². The van der Waals surface area contributed by atoms with Gasteiger partial charge in [0.2, 0.25) is 0 Å². The fourth-order valence-electron chi connectivity index (χ4n) is 1.42. The number of benzene rings is 1. The number of methoxy groups -OCH3 is 1. The highest BCUT2D eigenvalue weighted by Crippen LogP contribution is 2.42. The third-order valence-corrected chi connectivity index (χ3v) is 2.17. The molecule has 0 radical (unpaired) electrons. The third-order valence-electron chi connectivity index (χ3n) is 2.17. The largest absolute Gasteiger partial charge is 0.496 e. The summed E-state index contributed by atoms with van der Waals surface area (Å²) in [6.07, 6.45) is -9.94. The van der Waals surface area contributed by atoms with E-state index in [0.29, 0.717) is 6.07 Å². The lowest BCUT2D eigenvalue weighted by molar-refractivity contribution is -0.143. The molecule has 0 atom stereocenters. The number of hydrogen-bond donors (Lipinski definition) is 1. The zero-order chi connectivity index (χ0) is 14.1. The van der Waals surface area contributed by atoms with Crippen LogP contribution in [0.25, 0.3) is 0 Å². The van der Waals surface area contributed by atoms with Crippen LogP contribution in [0.4, 0.5) is 26.3 Å². The van der Waals surface area contributed by atoms with Crippen molar-refractivity contribution in [2.45, 2.75) is 19.0 Å². The van der Waals surface area contributed by atoms with Crippen molar-refractivity contribution in [3.63, 3.8) is 0 Å². The minimum Gasteiger partial charge on any atom is -0.496 e. The number of aliphatic hydroxyl groups excluding tert-OH is 1. The normalized spacial score (nSPS) is 12.7. The summed E-state index contributed by atoms with van der Waals surface area (Å²) in [5.74, 6) is -0.807. The predicted octanol–water partition coefficient (Wildman–Crippen LogP) is 3.23. The third kappa shape index (κ3) is 2.87. The molecule has 0 bridgehead atoms. The highest BCUT2D eigenvalue weighted by molar-refractivity contribution is 5.46. The van der Waals surface area contributed by atoms with Crippen LogP contribution in [0.1, 0.15) is 16.7 Å². The quantitative estimate of drug-likeness (QED) is 0.839. The van der Waals surface area contributed by atoms with Gasteiger partial charge in [0.05, 0.1) is 24.8 Å². The molecule has 0 amide bonds. The molecule has 8 heteroatoms. The first-order valence-electron chi connectivity index (χ1n) is 4.57. The van der Waals surface area contributed by atoms with Crippen molar-refractivity contribution >= 4 is 0 Å². The Morgan fingerprint density at radius 1 is 1.06 bits per heavy atom. The summed E-state index contributed by atoms with van der Waals surface area (Å²) in [5, 5.41) is 8.82. The van der Waals surface area contributed by atoms with E-state index in [2.05, 4.69) is 4.74 Å². The van der Waals surface area contributed by atoms with Crippen LogP contribution in [0.5, 0.6) is 5.75 Å². The van der Waals surface area contributed by atoms with Gasteiger partial charge < -0.3 is 9.84 Å². The van der Waals surface area contributed by atoms with Gasteiger partial charge in [-0.15, -0.1) is 0 Å².